The molecule has 128 valence electrons. The number of aromatic carboxylic acids is 1. The minimum Gasteiger partial charge on any atom is -0.477 e. The third kappa shape index (κ3) is 4.09. The molecule has 0 radical (unpaired) electrons. The standard InChI is InChI=1S/C16H18FN3O4/c1-16(2,3)24-15(23)18-9-5-6-10(11(17)7-9)12-8-13(14(21)22)20(4)19-12/h5-8H,1-4H3,(H,18,23)(H,21,22). The van der Waals surface area contributed by atoms with Gasteiger partial charge in [-0.3, -0.25) is 10.00 Å². The average molecular weight is 335 g/mol. The molecule has 1 amide bonds. The lowest BCUT2D eigenvalue weighted by Crippen LogP contribution is -2.27. The second kappa shape index (κ2) is 6.31. The highest BCUT2D eigenvalue weighted by molar-refractivity contribution is 5.88. The van der Waals surface area contributed by atoms with E-state index in [1.165, 1.54) is 25.2 Å². The fourth-order valence-electron chi connectivity index (χ4n) is 2.02. The lowest BCUT2D eigenvalue weighted by molar-refractivity contribution is 0.0633. The van der Waals surface area contributed by atoms with Crippen LogP contribution in [-0.4, -0.2) is 32.6 Å². The van der Waals surface area contributed by atoms with Crippen molar-refractivity contribution in [3.05, 3.63) is 35.8 Å². The molecule has 0 aliphatic carbocycles. The van der Waals surface area contributed by atoms with Crippen molar-refractivity contribution >= 4 is 17.7 Å². The number of benzene rings is 1. The number of nitrogens with one attached hydrogen (secondary N) is 1. The number of carboxylic acids is 1. The van der Waals surface area contributed by atoms with E-state index in [-0.39, 0.29) is 22.6 Å². The monoisotopic (exact) mass is 335 g/mol. The van der Waals surface area contributed by atoms with Gasteiger partial charge in [0.1, 0.15) is 17.1 Å². The molecule has 0 atom stereocenters. The van der Waals surface area contributed by atoms with Crippen LogP contribution in [0.5, 0.6) is 0 Å². The van der Waals surface area contributed by atoms with Gasteiger partial charge < -0.3 is 9.84 Å². The fourth-order valence-corrected chi connectivity index (χ4v) is 2.02. The number of carbonyl (C=O) groups excluding carboxylic acids is 1. The molecule has 0 unspecified atom stereocenters. The van der Waals surface area contributed by atoms with E-state index < -0.39 is 23.5 Å². The van der Waals surface area contributed by atoms with Crippen LogP contribution in [-0.2, 0) is 11.8 Å². The lowest BCUT2D eigenvalue weighted by atomic mass is 10.1. The summed E-state index contributed by atoms with van der Waals surface area (Å²) in [6, 6.07) is 5.30. The Kier molecular flexibility index (Phi) is 4.59. The first-order valence-electron chi connectivity index (χ1n) is 7.14. The van der Waals surface area contributed by atoms with Crippen LogP contribution in [0.3, 0.4) is 0 Å². The summed E-state index contributed by atoms with van der Waals surface area (Å²) in [6.07, 6.45) is -0.694. The van der Waals surface area contributed by atoms with E-state index in [0.29, 0.717) is 0 Å². The second-order valence-corrected chi connectivity index (χ2v) is 6.17. The van der Waals surface area contributed by atoms with Gasteiger partial charge in [0.15, 0.2) is 0 Å². The zero-order valence-corrected chi connectivity index (χ0v) is 13.8. The van der Waals surface area contributed by atoms with Crippen molar-refractivity contribution in [3.8, 4) is 11.3 Å². The largest absolute Gasteiger partial charge is 0.477 e. The second-order valence-electron chi connectivity index (χ2n) is 6.17. The number of ether oxygens (including phenoxy) is 1. The molecule has 0 saturated heterocycles. The van der Waals surface area contributed by atoms with Gasteiger partial charge in [-0.1, -0.05) is 0 Å². The van der Waals surface area contributed by atoms with Crippen LogP contribution >= 0.6 is 0 Å². The molecule has 0 aliphatic heterocycles. The molecule has 1 aromatic carbocycles. The van der Waals surface area contributed by atoms with Gasteiger partial charge in [-0.05, 0) is 45.0 Å². The van der Waals surface area contributed by atoms with Gasteiger partial charge in [-0.15, -0.1) is 0 Å². The van der Waals surface area contributed by atoms with Crippen LogP contribution in [0, 0.1) is 5.82 Å². The van der Waals surface area contributed by atoms with Crippen LogP contribution < -0.4 is 5.32 Å². The zero-order valence-electron chi connectivity index (χ0n) is 13.8. The molecule has 0 aliphatic rings. The van der Waals surface area contributed by atoms with E-state index in [9.17, 15) is 14.0 Å². The summed E-state index contributed by atoms with van der Waals surface area (Å²) in [5.41, 5.74) is -0.173. The molecule has 0 spiro atoms. The Morgan fingerprint density at radius 2 is 1.96 bits per heavy atom. The van der Waals surface area contributed by atoms with Crippen molar-refractivity contribution in [2.75, 3.05) is 5.32 Å². The molecule has 2 N–H and O–H groups in total. The first-order chi connectivity index (χ1) is 11.1. The maximum atomic E-state index is 14.3. The SMILES string of the molecule is Cn1nc(-c2ccc(NC(=O)OC(C)(C)C)cc2F)cc1C(=O)O. The number of amides is 1. The minimum atomic E-state index is -1.15. The fraction of sp³-hybridized carbons (Fsp3) is 0.312. The molecule has 0 bridgehead atoms. The van der Waals surface area contributed by atoms with Crippen LogP contribution in [0.4, 0.5) is 14.9 Å². The predicted molar refractivity (Wildman–Crippen MR) is 85.4 cm³/mol. The van der Waals surface area contributed by atoms with Gasteiger partial charge in [0.2, 0.25) is 0 Å². The Balaban J connectivity index is 2.23. The van der Waals surface area contributed by atoms with E-state index in [4.69, 9.17) is 9.84 Å². The summed E-state index contributed by atoms with van der Waals surface area (Å²) in [6.45, 7) is 5.16. The highest BCUT2D eigenvalue weighted by Gasteiger charge is 2.18. The number of aryl methyl sites for hydroxylation is 1. The molecule has 1 aromatic heterocycles. The maximum absolute atomic E-state index is 14.3. The van der Waals surface area contributed by atoms with Crippen molar-refractivity contribution in [1.82, 2.24) is 9.78 Å². The minimum absolute atomic E-state index is 0.0552. The van der Waals surface area contributed by atoms with E-state index in [0.717, 1.165) is 10.7 Å². The van der Waals surface area contributed by atoms with E-state index >= 15 is 0 Å². The molecular weight excluding hydrogens is 317 g/mol. The number of carbonyl (C=O) groups is 2. The van der Waals surface area contributed by atoms with E-state index in [1.54, 1.807) is 20.8 Å². The van der Waals surface area contributed by atoms with Gasteiger partial charge in [0.25, 0.3) is 0 Å². The number of hydrogen-bond donors (Lipinski definition) is 2. The number of nitrogens with zero attached hydrogens (tertiary/aromatic N) is 2. The first kappa shape index (κ1) is 17.5. The van der Waals surface area contributed by atoms with Gasteiger partial charge >= 0.3 is 12.1 Å². The number of carboxylic acid groups (broad SMARTS) is 1. The summed E-state index contributed by atoms with van der Waals surface area (Å²) in [7, 11) is 1.46. The van der Waals surface area contributed by atoms with Gasteiger partial charge in [-0.2, -0.15) is 5.10 Å². The van der Waals surface area contributed by atoms with Gasteiger partial charge in [0.05, 0.1) is 5.69 Å². The predicted octanol–water partition coefficient (Wildman–Crippen LogP) is 3.27. The summed E-state index contributed by atoms with van der Waals surface area (Å²) >= 11 is 0. The van der Waals surface area contributed by atoms with E-state index in [2.05, 4.69) is 10.4 Å². The Labute approximate surface area is 138 Å². The van der Waals surface area contributed by atoms with Crippen molar-refractivity contribution in [2.24, 2.45) is 7.05 Å². The molecule has 0 saturated carbocycles. The van der Waals surface area contributed by atoms with Crippen LogP contribution in [0.1, 0.15) is 31.3 Å². The van der Waals surface area contributed by atoms with Crippen molar-refractivity contribution in [3.63, 3.8) is 0 Å². The molecular formula is C16H18FN3O4. The zero-order chi connectivity index (χ0) is 18.1. The Morgan fingerprint density at radius 1 is 1.29 bits per heavy atom. The van der Waals surface area contributed by atoms with Crippen LogP contribution in [0.25, 0.3) is 11.3 Å². The molecule has 8 heteroatoms. The molecule has 24 heavy (non-hydrogen) atoms. The Bertz CT molecular complexity index is 793. The lowest BCUT2D eigenvalue weighted by Gasteiger charge is -2.19. The number of aromatic nitrogens is 2. The van der Waals surface area contributed by atoms with Crippen LogP contribution in [0.15, 0.2) is 24.3 Å². The highest BCUT2D eigenvalue weighted by Crippen LogP contribution is 2.25. The number of hydrogen-bond acceptors (Lipinski definition) is 4. The Morgan fingerprint density at radius 3 is 2.46 bits per heavy atom. The molecule has 7 nitrogen and oxygen atoms in total. The molecule has 1 heterocycles. The third-order valence-electron chi connectivity index (χ3n) is 2.99. The summed E-state index contributed by atoms with van der Waals surface area (Å²) < 4.78 is 20.5. The molecule has 0 fully saturated rings. The summed E-state index contributed by atoms with van der Waals surface area (Å²) in [4.78, 5) is 22.7. The topological polar surface area (TPSA) is 93.5 Å². The van der Waals surface area contributed by atoms with Crippen molar-refractivity contribution < 1.29 is 23.8 Å². The summed E-state index contributed by atoms with van der Waals surface area (Å²) in [5, 5.41) is 15.4. The Hall–Kier alpha value is -2.90. The van der Waals surface area contributed by atoms with Crippen molar-refractivity contribution in [1.29, 1.82) is 0 Å². The van der Waals surface area contributed by atoms with E-state index in [1.807, 2.05) is 0 Å². The highest BCUT2D eigenvalue weighted by atomic mass is 19.1. The van der Waals surface area contributed by atoms with Gasteiger partial charge in [0, 0.05) is 18.3 Å². The average Bonchev–Trinajstić information content (AvgIpc) is 2.78. The third-order valence-corrected chi connectivity index (χ3v) is 2.99. The number of halogens is 1. The van der Waals surface area contributed by atoms with Crippen molar-refractivity contribution in [2.45, 2.75) is 26.4 Å². The van der Waals surface area contributed by atoms with Gasteiger partial charge in [-0.25, -0.2) is 14.0 Å². The maximum Gasteiger partial charge on any atom is 0.412 e. The molecule has 2 aromatic rings. The number of rotatable bonds is 3. The smallest absolute Gasteiger partial charge is 0.412 e. The van der Waals surface area contributed by atoms with Crippen LogP contribution in [0.2, 0.25) is 0 Å². The number of anilines is 1. The normalized spacial score (nSPS) is 11.2. The quantitative estimate of drug-likeness (QED) is 0.898. The molecule has 2 rings (SSSR count). The first-order valence-corrected chi connectivity index (χ1v) is 7.14. The summed E-state index contributed by atoms with van der Waals surface area (Å²) in [5.74, 6) is -1.79.